The monoisotopic (exact) mass is 280 g/mol. The molecule has 0 spiro atoms. The SMILES string of the molecule is CCc1nc(CNC(=O)c2ccc(C(=O)O)o2)cs1. The number of nitrogens with one attached hydrogen (secondary N) is 1. The number of thiazole rings is 1. The van der Waals surface area contributed by atoms with Crippen molar-refractivity contribution >= 4 is 23.2 Å². The average Bonchev–Trinajstić information content (AvgIpc) is 3.04. The highest BCUT2D eigenvalue weighted by Crippen LogP contribution is 2.11. The van der Waals surface area contributed by atoms with Crippen LogP contribution in [0.3, 0.4) is 0 Å². The molecule has 0 fully saturated rings. The van der Waals surface area contributed by atoms with E-state index in [4.69, 9.17) is 9.52 Å². The summed E-state index contributed by atoms with van der Waals surface area (Å²) in [6, 6.07) is 2.58. The van der Waals surface area contributed by atoms with E-state index in [9.17, 15) is 9.59 Å². The molecule has 2 heterocycles. The molecule has 1 amide bonds. The molecule has 0 saturated heterocycles. The smallest absolute Gasteiger partial charge is 0.371 e. The third-order valence-electron chi connectivity index (χ3n) is 2.37. The molecule has 0 bridgehead atoms. The summed E-state index contributed by atoms with van der Waals surface area (Å²) in [5.41, 5.74) is 0.778. The van der Waals surface area contributed by atoms with Crippen LogP contribution in [0.15, 0.2) is 21.9 Å². The Morgan fingerprint density at radius 1 is 1.42 bits per heavy atom. The number of carboxylic acid groups (broad SMARTS) is 1. The van der Waals surface area contributed by atoms with Crippen LogP contribution in [-0.4, -0.2) is 22.0 Å². The fourth-order valence-corrected chi connectivity index (χ4v) is 2.17. The molecule has 0 saturated carbocycles. The standard InChI is InChI=1S/C12H12N2O4S/c1-2-10-14-7(6-19-10)5-13-11(15)8-3-4-9(18-8)12(16)17/h3-4,6H,2,5H2,1H3,(H,13,15)(H,16,17). The van der Waals surface area contributed by atoms with Crippen molar-refractivity contribution in [3.05, 3.63) is 39.7 Å². The van der Waals surface area contributed by atoms with E-state index in [1.807, 2.05) is 12.3 Å². The van der Waals surface area contributed by atoms with E-state index in [0.29, 0.717) is 6.54 Å². The highest BCUT2D eigenvalue weighted by atomic mass is 32.1. The highest BCUT2D eigenvalue weighted by Gasteiger charge is 2.14. The highest BCUT2D eigenvalue weighted by molar-refractivity contribution is 7.09. The number of hydrogen-bond acceptors (Lipinski definition) is 5. The topological polar surface area (TPSA) is 92.4 Å². The Hall–Kier alpha value is -2.15. The number of hydrogen-bond donors (Lipinski definition) is 2. The van der Waals surface area contributed by atoms with E-state index in [-0.39, 0.29) is 11.5 Å². The molecule has 2 N–H and O–H groups in total. The van der Waals surface area contributed by atoms with Crippen LogP contribution >= 0.6 is 11.3 Å². The van der Waals surface area contributed by atoms with E-state index >= 15 is 0 Å². The van der Waals surface area contributed by atoms with Gasteiger partial charge in [-0.3, -0.25) is 4.79 Å². The minimum absolute atomic E-state index is 0.0247. The summed E-state index contributed by atoms with van der Waals surface area (Å²) in [6.45, 7) is 2.30. The van der Waals surface area contributed by atoms with E-state index in [2.05, 4.69) is 10.3 Å². The number of aryl methyl sites for hydroxylation is 1. The molecule has 0 radical (unpaired) electrons. The number of aromatic carboxylic acids is 1. The van der Waals surface area contributed by atoms with Crippen molar-refractivity contribution in [2.24, 2.45) is 0 Å². The zero-order chi connectivity index (χ0) is 13.8. The normalized spacial score (nSPS) is 10.4. The predicted molar refractivity (Wildman–Crippen MR) is 68.3 cm³/mol. The van der Waals surface area contributed by atoms with Gasteiger partial charge in [-0.15, -0.1) is 11.3 Å². The van der Waals surface area contributed by atoms with Crippen molar-refractivity contribution in [1.82, 2.24) is 10.3 Å². The molecule has 2 aromatic rings. The minimum Gasteiger partial charge on any atom is -0.475 e. The molecule has 6 nitrogen and oxygen atoms in total. The Labute approximate surface area is 113 Å². The number of nitrogens with zero attached hydrogens (tertiary/aromatic N) is 1. The van der Waals surface area contributed by atoms with Gasteiger partial charge in [0.1, 0.15) is 0 Å². The lowest BCUT2D eigenvalue weighted by atomic mass is 10.4. The maximum Gasteiger partial charge on any atom is 0.371 e. The Balaban J connectivity index is 1.95. The minimum atomic E-state index is -1.20. The number of carboxylic acids is 1. The molecule has 7 heteroatoms. The van der Waals surface area contributed by atoms with Gasteiger partial charge in [0.05, 0.1) is 17.2 Å². The quantitative estimate of drug-likeness (QED) is 0.873. The van der Waals surface area contributed by atoms with E-state index in [1.54, 1.807) is 11.3 Å². The molecule has 0 unspecified atom stereocenters. The molecule has 0 aliphatic carbocycles. The Morgan fingerprint density at radius 3 is 2.74 bits per heavy atom. The van der Waals surface area contributed by atoms with Gasteiger partial charge in [-0.1, -0.05) is 6.92 Å². The molecule has 0 aliphatic rings. The predicted octanol–water partition coefficient (Wildman–Crippen LogP) is 1.93. The summed E-state index contributed by atoms with van der Waals surface area (Å²) in [7, 11) is 0. The van der Waals surface area contributed by atoms with Crippen molar-refractivity contribution in [3.63, 3.8) is 0 Å². The van der Waals surface area contributed by atoms with E-state index in [1.165, 1.54) is 12.1 Å². The Bertz CT molecular complexity index is 602. The van der Waals surface area contributed by atoms with Crippen LogP contribution in [0.1, 0.15) is 38.7 Å². The summed E-state index contributed by atoms with van der Waals surface area (Å²) >= 11 is 1.54. The molecular weight excluding hydrogens is 268 g/mol. The first kappa shape index (κ1) is 13.3. The number of aromatic nitrogens is 1. The van der Waals surface area contributed by atoms with Gasteiger partial charge in [-0.25, -0.2) is 9.78 Å². The molecule has 0 aromatic carbocycles. The first-order valence-corrected chi connectivity index (χ1v) is 6.52. The van der Waals surface area contributed by atoms with Crippen molar-refractivity contribution in [2.75, 3.05) is 0 Å². The van der Waals surface area contributed by atoms with Gasteiger partial charge in [0.2, 0.25) is 5.76 Å². The molecule has 0 atom stereocenters. The molecule has 0 aliphatic heterocycles. The fraction of sp³-hybridized carbons (Fsp3) is 0.250. The lowest BCUT2D eigenvalue weighted by molar-refractivity contribution is 0.0659. The van der Waals surface area contributed by atoms with Gasteiger partial charge < -0.3 is 14.8 Å². The van der Waals surface area contributed by atoms with Gasteiger partial charge in [0.25, 0.3) is 5.91 Å². The number of amides is 1. The van der Waals surface area contributed by atoms with E-state index < -0.39 is 11.9 Å². The van der Waals surface area contributed by atoms with Crippen LogP contribution in [-0.2, 0) is 13.0 Å². The van der Waals surface area contributed by atoms with Gasteiger partial charge in [-0.05, 0) is 18.6 Å². The molecule has 2 aromatic heterocycles. The van der Waals surface area contributed by atoms with Crippen molar-refractivity contribution in [3.8, 4) is 0 Å². The fourth-order valence-electron chi connectivity index (χ4n) is 1.43. The van der Waals surface area contributed by atoms with Gasteiger partial charge >= 0.3 is 5.97 Å². The molecule has 100 valence electrons. The number of carbonyl (C=O) groups excluding carboxylic acids is 1. The van der Waals surface area contributed by atoms with Crippen LogP contribution in [0.2, 0.25) is 0 Å². The number of carbonyl (C=O) groups is 2. The largest absolute Gasteiger partial charge is 0.475 e. The van der Waals surface area contributed by atoms with E-state index in [0.717, 1.165) is 17.1 Å². The Kier molecular flexibility index (Phi) is 3.96. The third kappa shape index (κ3) is 3.19. The first-order chi connectivity index (χ1) is 9.10. The Morgan fingerprint density at radius 2 is 2.16 bits per heavy atom. The maximum atomic E-state index is 11.7. The second-order valence-corrected chi connectivity index (χ2v) is 4.68. The van der Waals surface area contributed by atoms with Crippen molar-refractivity contribution < 1.29 is 19.1 Å². The van der Waals surface area contributed by atoms with Crippen LogP contribution in [0, 0.1) is 0 Å². The molecular formula is C12H12N2O4S. The van der Waals surface area contributed by atoms with Crippen LogP contribution in [0.25, 0.3) is 0 Å². The van der Waals surface area contributed by atoms with Gasteiger partial charge in [0.15, 0.2) is 5.76 Å². The zero-order valence-corrected chi connectivity index (χ0v) is 11.0. The van der Waals surface area contributed by atoms with Crippen molar-refractivity contribution in [1.29, 1.82) is 0 Å². The summed E-state index contributed by atoms with van der Waals surface area (Å²) < 4.78 is 4.89. The third-order valence-corrected chi connectivity index (χ3v) is 3.41. The second kappa shape index (κ2) is 5.66. The summed E-state index contributed by atoms with van der Waals surface area (Å²) in [4.78, 5) is 26.6. The summed E-state index contributed by atoms with van der Waals surface area (Å²) in [6.07, 6.45) is 0.860. The lowest BCUT2D eigenvalue weighted by Crippen LogP contribution is -2.22. The van der Waals surface area contributed by atoms with Crippen molar-refractivity contribution in [2.45, 2.75) is 19.9 Å². The van der Waals surface area contributed by atoms with Gasteiger partial charge in [-0.2, -0.15) is 0 Å². The zero-order valence-electron chi connectivity index (χ0n) is 10.2. The average molecular weight is 280 g/mol. The molecule has 19 heavy (non-hydrogen) atoms. The van der Waals surface area contributed by atoms with Gasteiger partial charge in [0, 0.05) is 5.38 Å². The molecule has 2 rings (SSSR count). The number of rotatable bonds is 5. The number of furan rings is 1. The second-order valence-electron chi connectivity index (χ2n) is 3.74. The van der Waals surface area contributed by atoms with Crippen LogP contribution in [0.5, 0.6) is 0 Å². The lowest BCUT2D eigenvalue weighted by Gasteiger charge is -1.99. The summed E-state index contributed by atoms with van der Waals surface area (Å²) in [5.74, 6) is -1.94. The van der Waals surface area contributed by atoms with Crippen LogP contribution < -0.4 is 5.32 Å². The first-order valence-electron chi connectivity index (χ1n) is 5.64. The van der Waals surface area contributed by atoms with Crippen LogP contribution in [0.4, 0.5) is 0 Å². The maximum absolute atomic E-state index is 11.7. The summed E-state index contributed by atoms with van der Waals surface area (Å²) in [5, 5.41) is 14.2.